The average Bonchev–Trinajstić information content (AvgIpc) is 2.63. The Morgan fingerprint density at radius 3 is 2.50 bits per heavy atom. The Morgan fingerprint density at radius 1 is 1.08 bits per heavy atom. The third-order valence-electron chi connectivity index (χ3n) is 3.31. The van der Waals surface area contributed by atoms with Crippen molar-refractivity contribution in [2.45, 2.75) is 6.54 Å². The Labute approximate surface area is 150 Å². The van der Waals surface area contributed by atoms with Crippen molar-refractivity contribution in [1.29, 1.82) is 0 Å². The average molecular weight is 355 g/mol. The Bertz CT molecular complexity index is 868. The van der Waals surface area contributed by atoms with E-state index in [0.29, 0.717) is 22.0 Å². The van der Waals surface area contributed by atoms with Crippen LogP contribution < -0.4 is 10.7 Å². The van der Waals surface area contributed by atoms with Gasteiger partial charge in [0.2, 0.25) is 0 Å². The molecule has 0 aliphatic rings. The Morgan fingerprint density at radius 2 is 1.83 bits per heavy atom. The summed E-state index contributed by atoms with van der Waals surface area (Å²) in [4.78, 5) is 4.34. The summed E-state index contributed by atoms with van der Waals surface area (Å²) in [5, 5.41) is 9.29. The van der Waals surface area contributed by atoms with Crippen LogP contribution in [0.1, 0.15) is 5.56 Å². The van der Waals surface area contributed by atoms with Gasteiger partial charge in [0, 0.05) is 17.8 Å². The molecule has 0 radical (unpaired) electrons. The molecule has 24 heavy (non-hydrogen) atoms. The molecular weight excluding hydrogens is 340 g/mol. The van der Waals surface area contributed by atoms with E-state index in [9.17, 15) is 0 Å². The first-order valence-electron chi connectivity index (χ1n) is 7.38. The number of nitrogens with one attached hydrogen (secondary N) is 1. The second-order valence-electron chi connectivity index (χ2n) is 5.06. The molecule has 0 atom stereocenters. The second-order valence-corrected chi connectivity index (χ2v) is 5.89. The smallest absolute Gasteiger partial charge is 0.193 e. The van der Waals surface area contributed by atoms with E-state index in [0.717, 1.165) is 11.3 Å². The van der Waals surface area contributed by atoms with Crippen LogP contribution in [0.5, 0.6) is 0 Å². The third-order valence-corrected chi connectivity index (χ3v) is 3.80. The molecule has 0 amide bonds. The summed E-state index contributed by atoms with van der Waals surface area (Å²) < 4.78 is 1.78. The van der Waals surface area contributed by atoms with Crippen molar-refractivity contribution < 1.29 is 0 Å². The number of hydrogen-bond acceptors (Lipinski definition) is 2. The van der Waals surface area contributed by atoms with Crippen molar-refractivity contribution in [2.75, 3.05) is 0 Å². The summed E-state index contributed by atoms with van der Waals surface area (Å²) >= 11 is 11.1. The lowest BCUT2D eigenvalue weighted by Crippen LogP contribution is -2.22. The van der Waals surface area contributed by atoms with Gasteiger partial charge in [-0.05, 0) is 48.1 Å². The molecular formula is C18H15ClN4S. The molecule has 0 fully saturated rings. The minimum Gasteiger partial charge on any atom is -0.357 e. The number of aromatic nitrogens is 2. The van der Waals surface area contributed by atoms with Crippen LogP contribution in [0.25, 0.3) is 5.69 Å². The molecule has 120 valence electrons. The zero-order valence-corrected chi connectivity index (χ0v) is 14.3. The largest absolute Gasteiger partial charge is 0.357 e. The maximum atomic E-state index is 5.87. The number of benzene rings is 2. The molecule has 0 aliphatic heterocycles. The molecule has 3 aromatic rings. The molecule has 1 heterocycles. The highest BCUT2D eigenvalue weighted by atomic mass is 35.5. The second kappa shape index (κ2) is 7.86. The van der Waals surface area contributed by atoms with Crippen LogP contribution in [0.2, 0.25) is 5.02 Å². The van der Waals surface area contributed by atoms with Gasteiger partial charge in [-0.2, -0.15) is 5.10 Å². The minimum atomic E-state index is 0.421. The first kappa shape index (κ1) is 16.4. The van der Waals surface area contributed by atoms with Gasteiger partial charge in [0.05, 0.1) is 17.2 Å². The van der Waals surface area contributed by atoms with Crippen LogP contribution in [-0.4, -0.2) is 14.9 Å². The molecule has 0 spiro atoms. The lowest BCUT2D eigenvalue weighted by atomic mass is 10.2. The fraction of sp³-hybridized carbons (Fsp3) is 0.0556. The molecule has 0 saturated heterocycles. The first-order valence-corrected chi connectivity index (χ1v) is 8.17. The maximum absolute atomic E-state index is 5.87. The molecule has 3 rings (SSSR count). The summed E-state index contributed by atoms with van der Waals surface area (Å²) in [6.07, 6.45) is 3.54. The van der Waals surface area contributed by atoms with Crippen LogP contribution in [0.4, 0.5) is 0 Å². The van der Waals surface area contributed by atoms with Crippen LogP contribution >= 0.6 is 23.8 Å². The van der Waals surface area contributed by atoms with E-state index in [1.807, 2.05) is 66.9 Å². The number of para-hydroxylation sites is 1. The number of nitrogens with zero attached hydrogens (tertiary/aromatic N) is 3. The first-order chi connectivity index (χ1) is 11.7. The third kappa shape index (κ3) is 4.50. The Kier molecular flexibility index (Phi) is 5.36. The van der Waals surface area contributed by atoms with E-state index in [2.05, 4.69) is 15.4 Å². The summed E-state index contributed by atoms with van der Waals surface area (Å²) in [5.74, 6) is 0. The topological polar surface area (TPSA) is 42.2 Å². The lowest BCUT2D eigenvalue weighted by molar-refractivity contribution is 0.831. The van der Waals surface area contributed by atoms with E-state index < -0.39 is 0 Å². The van der Waals surface area contributed by atoms with E-state index in [1.165, 1.54) is 0 Å². The van der Waals surface area contributed by atoms with E-state index in [1.54, 1.807) is 10.9 Å². The van der Waals surface area contributed by atoms with Gasteiger partial charge >= 0.3 is 0 Å². The van der Waals surface area contributed by atoms with Crippen molar-refractivity contribution >= 4 is 28.9 Å². The predicted octanol–water partition coefficient (Wildman–Crippen LogP) is 3.50. The van der Waals surface area contributed by atoms with Gasteiger partial charge in [0.25, 0.3) is 0 Å². The summed E-state index contributed by atoms with van der Waals surface area (Å²) in [6.45, 7) is 0.601. The minimum absolute atomic E-state index is 0.421. The molecule has 1 N–H and O–H groups in total. The molecule has 0 aliphatic carbocycles. The number of rotatable bonds is 3. The predicted molar refractivity (Wildman–Crippen MR) is 100 cm³/mol. The SMILES string of the molecule is S=C(/N=c1/ccn(-c2ccccc2)nc1)NCc1ccc(Cl)cc1. The van der Waals surface area contributed by atoms with Gasteiger partial charge < -0.3 is 5.32 Å². The molecule has 6 heteroatoms. The van der Waals surface area contributed by atoms with Crippen molar-refractivity contribution in [2.24, 2.45) is 4.99 Å². The normalized spacial score (nSPS) is 11.3. The monoisotopic (exact) mass is 354 g/mol. The zero-order valence-electron chi connectivity index (χ0n) is 12.8. The molecule has 0 bridgehead atoms. The highest BCUT2D eigenvalue weighted by Crippen LogP contribution is 2.09. The molecule has 2 aromatic carbocycles. The van der Waals surface area contributed by atoms with Crippen LogP contribution in [0.3, 0.4) is 0 Å². The van der Waals surface area contributed by atoms with E-state index in [4.69, 9.17) is 23.8 Å². The van der Waals surface area contributed by atoms with Crippen LogP contribution in [0.15, 0.2) is 78.0 Å². The van der Waals surface area contributed by atoms with Crippen molar-refractivity contribution in [3.8, 4) is 5.69 Å². The van der Waals surface area contributed by atoms with Crippen LogP contribution in [0, 0.1) is 0 Å². The number of thiocarbonyl (C=S) groups is 1. The van der Waals surface area contributed by atoms with E-state index >= 15 is 0 Å². The van der Waals surface area contributed by atoms with E-state index in [-0.39, 0.29) is 0 Å². The van der Waals surface area contributed by atoms with Crippen LogP contribution in [-0.2, 0) is 6.54 Å². The highest BCUT2D eigenvalue weighted by Gasteiger charge is 1.97. The van der Waals surface area contributed by atoms with Gasteiger partial charge in [-0.25, -0.2) is 9.67 Å². The maximum Gasteiger partial charge on any atom is 0.193 e. The van der Waals surface area contributed by atoms with Gasteiger partial charge in [-0.1, -0.05) is 41.9 Å². The summed E-state index contributed by atoms with van der Waals surface area (Å²) in [6, 6.07) is 19.4. The van der Waals surface area contributed by atoms with Gasteiger partial charge in [-0.3, -0.25) is 0 Å². The lowest BCUT2D eigenvalue weighted by Gasteiger charge is -2.05. The quantitative estimate of drug-likeness (QED) is 0.732. The molecule has 0 saturated carbocycles. The zero-order chi connectivity index (χ0) is 16.8. The fourth-order valence-electron chi connectivity index (χ4n) is 2.09. The van der Waals surface area contributed by atoms with Crippen molar-refractivity contribution in [1.82, 2.24) is 15.1 Å². The molecule has 0 unspecified atom stereocenters. The Balaban J connectivity index is 1.65. The fourth-order valence-corrected chi connectivity index (χ4v) is 2.39. The summed E-state index contributed by atoms with van der Waals surface area (Å²) in [5.41, 5.74) is 2.08. The van der Waals surface area contributed by atoms with Crippen molar-refractivity contribution in [3.63, 3.8) is 0 Å². The van der Waals surface area contributed by atoms with Gasteiger partial charge in [-0.15, -0.1) is 0 Å². The number of hydrogen-bond donors (Lipinski definition) is 1. The van der Waals surface area contributed by atoms with Gasteiger partial charge in [0.15, 0.2) is 5.11 Å². The molecule has 4 nitrogen and oxygen atoms in total. The Hall–Kier alpha value is -2.50. The van der Waals surface area contributed by atoms with Crippen molar-refractivity contribution in [3.05, 3.63) is 89.0 Å². The highest BCUT2D eigenvalue weighted by molar-refractivity contribution is 7.80. The number of halogens is 1. The standard InChI is InChI=1S/C18H15ClN4S/c19-15-8-6-14(7-9-15)12-20-18(24)22-16-10-11-23(21-13-16)17-4-2-1-3-5-17/h1-11,13H,12H2,(H,20,24)/b22-16-. The van der Waals surface area contributed by atoms with Gasteiger partial charge in [0.1, 0.15) is 0 Å². The molecule has 1 aromatic heterocycles. The summed E-state index contributed by atoms with van der Waals surface area (Å²) in [7, 11) is 0.